The highest BCUT2D eigenvalue weighted by Gasteiger charge is 2.24. The van der Waals surface area contributed by atoms with Gasteiger partial charge in [-0.1, -0.05) is 43.2 Å². The van der Waals surface area contributed by atoms with Gasteiger partial charge >= 0.3 is 0 Å². The zero-order valence-electron chi connectivity index (χ0n) is 10.6. The van der Waals surface area contributed by atoms with Crippen LogP contribution in [0.3, 0.4) is 0 Å². The molecule has 17 heavy (non-hydrogen) atoms. The molecule has 0 spiro atoms. The van der Waals surface area contributed by atoms with Gasteiger partial charge in [0.25, 0.3) is 0 Å². The molecule has 2 unspecified atom stereocenters. The highest BCUT2D eigenvalue weighted by Crippen LogP contribution is 2.33. The van der Waals surface area contributed by atoms with Crippen molar-refractivity contribution in [2.24, 2.45) is 5.92 Å². The summed E-state index contributed by atoms with van der Waals surface area (Å²) in [5.74, 6) is 0.938. The number of aliphatic hydroxyl groups excluding tert-OH is 1. The van der Waals surface area contributed by atoms with E-state index in [0.717, 1.165) is 12.3 Å². The van der Waals surface area contributed by atoms with Gasteiger partial charge in [0.1, 0.15) is 0 Å². The largest absolute Gasteiger partial charge is 0.395 e. The minimum Gasteiger partial charge on any atom is -0.395 e. The first-order valence-corrected chi connectivity index (χ1v) is 6.68. The number of rotatable bonds is 7. The molecule has 0 amide bonds. The van der Waals surface area contributed by atoms with E-state index in [1.165, 1.54) is 24.8 Å². The average molecular weight is 233 g/mol. The molecule has 0 heterocycles. The van der Waals surface area contributed by atoms with Gasteiger partial charge in [0.15, 0.2) is 0 Å². The quantitative estimate of drug-likeness (QED) is 0.758. The van der Waals surface area contributed by atoms with Crippen LogP contribution in [0.5, 0.6) is 0 Å². The second-order valence-corrected chi connectivity index (χ2v) is 5.32. The first kappa shape index (κ1) is 12.6. The van der Waals surface area contributed by atoms with E-state index in [1.807, 2.05) is 6.07 Å². The van der Waals surface area contributed by atoms with Gasteiger partial charge in [-0.2, -0.15) is 0 Å². The van der Waals surface area contributed by atoms with Gasteiger partial charge in [0, 0.05) is 12.1 Å². The molecule has 0 aromatic heterocycles. The second-order valence-electron chi connectivity index (χ2n) is 5.32. The van der Waals surface area contributed by atoms with E-state index >= 15 is 0 Å². The minimum absolute atomic E-state index is 0.186. The Morgan fingerprint density at radius 2 is 2.00 bits per heavy atom. The lowest BCUT2D eigenvalue weighted by Crippen LogP contribution is -2.40. The summed E-state index contributed by atoms with van der Waals surface area (Å²) in [5.41, 5.74) is 1.29. The van der Waals surface area contributed by atoms with Gasteiger partial charge in [-0.15, -0.1) is 0 Å². The zero-order valence-corrected chi connectivity index (χ0v) is 10.6. The van der Waals surface area contributed by atoms with E-state index < -0.39 is 0 Å². The Balaban J connectivity index is 1.79. The standard InChI is InChI=1S/C15H23NO/c1-12(9-14-7-8-14)16-15(11-17)10-13-5-3-2-4-6-13/h2-6,12,14-17H,7-11H2,1H3. The number of benzene rings is 1. The fourth-order valence-electron chi connectivity index (χ4n) is 2.40. The molecule has 1 aliphatic rings. The minimum atomic E-state index is 0.186. The van der Waals surface area contributed by atoms with Gasteiger partial charge in [0.05, 0.1) is 6.61 Å². The van der Waals surface area contributed by atoms with Crippen LogP contribution >= 0.6 is 0 Å². The Kier molecular flexibility index (Phi) is 4.57. The molecule has 1 fully saturated rings. The third kappa shape index (κ3) is 4.49. The molecular formula is C15H23NO. The molecule has 1 aromatic carbocycles. The van der Waals surface area contributed by atoms with E-state index in [9.17, 15) is 5.11 Å². The van der Waals surface area contributed by atoms with Crippen molar-refractivity contribution in [3.05, 3.63) is 35.9 Å². The summed E-state index contributed by atoms with van der Waals surface area (Å²) in [4.78, 5) is 0. The van der Waals surface area contributed by atoms with Crippen molar-refractivity contribution in [3.63, 3.8) is 0 Å². The Morgan fingerprint density at radius 3 is 2.59 bits per heavy atom. The summed E-state index contributed by atoms with van der Waals surface area (Å²) in [6.45, 7) is 2.44. The molecule has 2 N–H and O–H groups in total. The Bertz CT molecular complexity index is 321. The highest BCUT2D eigenvalue weighted by atomic mass is 16.3. The van der Waals surface area contributed by atoms with Crippen LogP contribution in [0.25, 0.3) is 0 Å². The van der Waals surface area contributed by atoms with Crippen molar-refractivity contribution < 1.29 is 5.11 Å². The van der Waals surface area contributed by atoms with E-state index in [0.29, 0.717) is 6.04 Å². The fraction of sp³-hybridized carbons (Fsp3) is 0.600. The molecule has 0 saturated heterocycles. The summed E-state index contributed by atoms with van der Waals surface area (Å²) < 4.78 is 0. The summed E-state index contributed by atoms with van der Waals surface area (Å²) in [5, 5.41) is 13.0. The molecule has 2 nitrogen and oxygen atoms in total. The van der Waals surface area contributed by atoms with Crippen LogP contribution in [-0.2, 0) is 6.42 Å². The number of nitrogens with one attached hydrogen (secondary N) is 1. The van der Waals surface area contributed by atoms with Crippen LogP contribution in [-0.4, -0.2) is 23.8 Å². The lowest BCUT2D eigenvalue weighted by Gasteiger charge is -2.21. The van der Waals surface area contributed by atoms with Crippen LogP contribution in [0.4, 0.5) is 0 Å². The lowest BCUT2D eigenvalue weighted by atomic mass is 10.0. The van der Waals surface area contributed by atoms with Crippen LogP contribution in [0.15, 0.2) is 30.3 Å². The third-order valence-electron chi connectivity index (χ3n) is 3.45. The molecule has 94 valence electrons. The molecule has 2 rings (SSSR count). The second kappa shape index (κ2) is 6.18. The molecule has 1 saturated carbocycles. The Morgan fingerprint density at radius 1 is 1.29 bits per heavy atom. The predicted molar refractivity (Wildman–Crippen MR) is 71.0 cm³/mol. The van der Waals surface area contributed by atoms with E-state index in [-0.39, 0.29) is 12.6 Å². The van der Waals surface area contributed by atoms with Crippen molar-refractivity contribution >= 4 is 0 Å². The smallest absolute Gasteiger partial charge is 0.0587 e. The first-order chi connectivity index (χ1) is 8.28. The van der Waals surface area contributed by atoms with Gasteiger partial charge < -0.3 is 10.4 Å². The average Bonchev–Trinajstić information content (AvgIpc) is 3.13. The molecule has 0 radical (unpaired) electrons. The van der Waals surface area contributed by atoms with Crippen LogP contribution in [0.1, 0.15) is 31.7 Å². The number of hydrogen-bond donors (Lipinski definition) is 2. The Labute approximate surface area is 104 Å². The summed E-state index contributed by atoms with van der Waals surface area (Å²) >= 11 is 0. The van der Waals surface area contributed by atoms with Gasteiger partial charge in [-0.25, -0.2) is 0 Å². The van der Waals surface area contributed by atoms with Crippen molar-refractivity contribution in [3.8, 4) is 0 Å². The normalized spacial score (nSPS) is 18.9. The Hall–Kier alpha value is -0.860. The van der Waals surface area contributed by atoms with Crippen molar-refractivity contribution in [1.82, 2.24) is 5.32 Å². The molecule has 0 aliphatic heterocycles. The van der Waals surface area contributed by atoms with Gasteiger partial charge in [-0.05, 0) is 31.2 Å². The maximum absolute atomic E-state index is 9.42. The maximum atomic E-state index is 9.42. The van der Waals surface area contributed by atoms with Gasteiger partial charge in [0.2, 0.25) is 0 Å². The van der Waals surface area contributed by atoms with Crippen LogP contribution < -0.4 is 5.32 Å². The monoisotopic (exact) mass is 233 g/mol. The SMILES string of the molecule is CC(CC1CC1)NC(CO)Cc1ccccc1. The molecule has 1 aromatic rings. The first-order valence-electron chi connectivity index (χ1n) is 6.68. The predicted octanol–water partition coefficient (Wildman–Crippen LogP) is 2.37. The highest BCUT2D eigenvalue weighted by molar-refractivity contribution is 5.15. The molecular weight excluding hydrogens is 210 g/mol. The molecule has 2 heteroatoms. The van der Waals surface area contributed by atoms with E-state index in [1.54, 1.807) is 0 Å². The van der Waals surface area contributed by atoms with E-state index in [2.05, 4.69) is 36.5 Å². The molecule has 2 atom stereocenters. The van der Waals surface area contributed by atoms with E-state index in [4.69, 9.17) is 0 Å². The fourth-order valence-corrected chi connectivity index (χ4v) is 2.40. The van der Waals surface area contributed by atoms with Crippen molar-refractivity contribution in [1.29, 1.82) is 0 Å². The zero-order chi connectivity index (χ0) is 12.1. The van der Waals surface area contributed by atoms with Gasteiger partial charge in [-0.3, -0.25) is 0 Å². The van der Waals surface area contributed by atoms with Crippen molar-refractivity contribution in [2.75, 3.05) is 6.61 Å². The maximum Gasteiger partial charge on any atom is 0.0587 e. The molecule has 1 aliphatic carbocycles. The summed E-state index contributed by atoms with van der Waals surface area (Å²) in [6.07, 6.45) is 4.96. The lowest BCUT2D eigenvalue weighted by molar-refractivity contribution is 0.229. The summed E-state index contributed by atoms with van der Waals surface area (Å²) in [7, 11) is 0. The van der Waals surface area contributed by atoms with Crippen LogP contribution in [0, 0.1) is 5.92 Å². The number of aliphatic hydroxyl groups is 1. The topological polar surface area (TPSA) is 32.3 Å². The number of hydrogen-bond acceptors (Lipinski definition) is 2. The molecule has 0 bridgehead atoms. The van der Waals surface area contributed by atoms with Crippen LogP contribution in [0.2, 0.25) is 0 Å². The van der Waals surface area contributed by atoms with Crippen molar-refractivity contribution in [2.45, 2.75) is 44.7 Å². The third-order valence-corrected chi connectivity index (χ3v) is 3.45. The summed E-state index contributed by atoms with van der Waals surface area (Å²) in [6, 6.07) is 11.1.